The Balaban J connectivity index is 1.34. The molecule has 1 atom stereocenters. The normalized spacial score (nSPS) is 20.0. The van der Waals surface area contributed by atoms with Gasteiger partial charge in [-0.25, -0.2) is 0 Å². The number of benzene rings is 2. The fraction of sp³-hybridized carbons (Fsp3) is 0.548. The summed E-state index contributed by atoms with van der Waals surface area (Å²) in [6, 6.07) is 18.5. The number of rotatable bonds is 12. The molecular weight excluding hydrogens is 388 g/mol. The first kappa shape index (κ1) is 24.8. The van der Waals surface area contributed by atoms with Crippen LogP contribution in [-0.4, -0.2) is 7.11 Å². The largest absolute Gasteiger partial charge is 0.377 e. The van der Waals surface area contributed by atoms with E-state index in [1.165, 1.54) is 73.6 Å². The molecule has 1 aliphatic carbocycles. The molecule has 0 bridgehead atoms. The summed E-state index contributed by atoms with van der Waals surface area (Å²) in [7, 11) is 1.81. The summed E-state index contributed by atoms with van der Waals surface area (Å²) in [5, 5.41) is 0. The molecule has 0 heterocycles. The predicted octanol–water partition coefficient (Wildman–Crippen LogP) is 8.66. The van der Waals surface area contributed by atoms with Crippen LogP contribution in [0.15, 0.2) is 60.7 Å². The number of aryl methyl sites for hydroxylation is 2. The van der Waals surface area contributed by atoms with Crippen molar-refractivity contribution in [3.63, 3.8) is 0 Å². The number of methoxy groups -OCH3 is 1. The average molecular weight is 433 g/mol. The fourth-order valence-electron chi connectivity index (χ4n) is 5.22. The highest BCUT2D eigenvalue weighted by Gasteiger charge is 2.21. The molecule has 2 aromatic rings. The van der Waals surface area contributed by atoms with Gasteiger partial charge in [-0.1, -0.05) is 100 Å². The van der Waals surface area contributed by atoms with Gasteiger partial charge in [-0.15, -0.1) is 0 Å². The molecule has 0 saturated heterocycles. The van der Waals surface area contributed by atoms with Crippen LogP contribution < -0.4 is 0 Å². The average Bonchev–Trinajstić information content (AvgIpc) is 2.84. The van der Waals surface area contributed by atoms with Crippen LogP contribution in [0.5, 0.6) is 0 Å². The van der Waals surface area contributed by atoms with Crippen molar-refractivity contribution >= 4 is 0 Å². The van der Waals surface area contributed by atoms with E-state index in [-0.39, 0.29) is 6.10 Å². The second-order valence-corrected chi connectivity index (χ2v) is 9.74. The highest BCUT2D eigenvalue weighted by atomic mass is 16.5. The molecule has 0 aromatic heterocycles. The van der Waals surface area contributed by atoms with E-state index in [1.807, 2.05) is 0 Å². The first-order chi connectivity index (χ1) is 15.7. The Morgan fingerprint density at radius 2 is 1.25 bits per heavy atom. The van der Waals surface area contributed by atoms with Gasteiger partial charge in [0, 0.05) is 7.11 Å². The van der Waals surface area contributed by atoms with Gasteiger partial charge in [-0.2, -0.15) is 0 Å². The molecule has 1 heteroatoms. The Bertz CT molecular complexity index is 774. The fourth-order valence-corrected chi connectivity index (χ4v) is 5.22. The van der Waals surface area contributed by atoms with Crippen molar-refractivity contribution in [3.8, 4) is 0 Å². The minimum atomic E-state index is 0.236. The van der Waals surface area contributed by atoms with Crippen molar-refractivity contribution < 1.29 is 4.74 Å². The minimum absolute atomic E-state index is 0.236. The lowest BCUT2D eigenvalue weighted by Crippen LogP contribution is -2.15. The molecule has 1 fully saturated rings. The van der Waals surface area contributed by atoms with Gasteiger partial charge >= 0.3 is 0 Å². The Morgan fingerprint density at radius 1 is 0.750 bits per heavy atom. The van der Waals surface area contributed by atoms with Crippen LogP contribution in [-0.2, 0) is 24.0 Å². The lowest BCUT2D eigenvalue weighted by molar-refractivity contribution is 0.100. The topological polar surface area (TPSA) is 9.23 Å². The Hall–Kier alpha value is -1.86. The third kappa shape index (κ3) is 7.93. The summed E-state index contributed by atoms with van der Waals surface area (Å²) in [6.45, 7) is 4.37. The summed E-state index contributed by atoms with van der Waals surface area (Å²) in [6.07, 6.45) is 18.9. The van der Waals surface area contributed by atoms with Crippen LogP contribution >= 0.6 is 0 Å². The maximum Gasteiger partial charge on any atom is 0.0818 e. The van der Waals surface area contributed by atoms with E-state index in [1.54, 1.807) is 7.11 Å². The first-order valence-corrected chi connectivity index (χ1v) is 13.1. The third-order valence-corrected chi connectivity index (χ3v) is 7.43. The van der Waals surface area contributed by atoms with Crippen molar-refractivity contribution in [1.82, 2.24) is 0 Å². The van der Waals surface area contributed by atoms with Crippen LogP contribution in [0.4, 0.5) is 0 Å². The smallest absolute Gasteiger partial charge is 0.0818 e. The highest BCUT2D eigenvalue weighted by Crippen LogP contribution is 2.34. The van der Waals surface area contributed by atoms with Gasteiger partial charge < -0.3 is 4.74 Å². The molecule has 2 aromatic carbocycles. The van der Waals surface area contributed by atoms with Crippen LogP contribution in [0.2, 0.25) is 0 Å². The molecule has 0 N–H and O–H groups in total. The van der Waals surface area contributed by atoms with Gasteiger partial charge in [0.1, 0.15) is 0 Å². The zero-order valence-corrected chi connectivity index (χ0v) is 20.7. The quantitative estimate of drug-likeness (QED) is 0.305. The summed E-state index contributed by atoms with van der Waals surface area (Å²) < 4.78 is 5.56. The maximum atomic E-state index is 5.56. The molecule has 3 rings (SSSR count). The van der Waals surface area contributed by atoms with E-state index in [0.717, 1.165) is 31.1 Å². The zero-order valence-electron chi connectivity index (χ0n) is 20.7. The van der Waals surface area contributed by atoms with E-state index < -0.39 is 0 Å². The standard InChI is InChI=1S/C31H44O/c1-4-6-7-8-25-9-11-26(12-10-25)13-14-27-15-17-28(18-16-27)19-20-29-21-23-30(24-22-29)31(5-2)32-3/h6-7,9-12,21-24,27-28,31H,4-5,8,13-20H2,1-3H3/t27-,28-,31?. The van der Waals surface area contributed by atoms with Crippen molar-refractivity contribution in [3.05, 3.63) is 82.9 Å². The summed E-state index contributed by atoms with van der Waals surface area (Å²) >= 11 is 0. The van der Waals surface area contributed by atoms with E-state index in [0.29, 0.717) is 0 Å². The Kier molecular flexibility index (Phi) is 10.6. The SMILES string of the molecule is CCC=CCc1ccc(CC[C@H]2CC[C@H](CCc3ccc(C(CC)OC)cc3)CC2)cc1. The molecule has 0 radical (unpaired) electrons. The lowest BCUT2D eigenvalue weighted by atomic mass is 9.77. The number of allylic oxidation sites excluding steroid dienone is 2. The summed E-state index contributed by atoms with van der Waals surface area (Å²) in [4.78, 5) is 0. The Labute approximate surface area is 197 Å². The van der Waals surface area contributed by atoms with Gasteiger partial charge in [0.05, 0.1) is 6.10 Å². The highest BCUT2D eigenvalue weighted by molar-refractivity contribution is 5.25. The van der Waals surface area contributed by atoms with E-state index in [2.05, 4.69) is 74.5 Å². The van der Waals surface area contributed by atoms with Crippen LogP contribution in [0.3, 0.4) is 0 Å². The minimum Gasteiger partial charge on any atom is -0.377 e. The van der Waals surface area contributed by atoms with Crippen LogP contribution in [0.25, 0.3) is 0 Å². The lowest BCUT2D eigenvalue weighted by Gasteiger charge is -2.28. The molecule has 1 saturated carbocycles. The number of hydrogen-bond donors (Lipinski definition) is 0. The number of hydrogen-bond acceptors (Lipinski definition) is 1. The third-order valence-electron chi connectivity index (χ3n) is 7.43. The maximum absolute atomic E-state index is 5.56. The van der Waals surface area contributed by atoms with Gasteiger partial charge in [-0.3, -0.25) is 0 Å². The monoisotopic (exact) mass is 432 g/mol. The van der Waals surface area contributed by atoms with Gasteiger partial charge in [0.2, 0.25) is 0 Å². The second kappa shape index (κ2) is 13.6. The van der Waals surface area contributed by atoms with Crippen molar-refractivity contribution in [2.45, 2.75) is 90.6 Å². The van der Waals surface area contributed by atoms with Crippen LogP contribution in [0.1, 0.15) is 93.6 Å². The van der Waals surface area contributed by atoms with E-state index >= 15 is 0 Å². The summed E-state index contributed by atoms with van der Waals surface area (Å²) in [5.74, 6) is 1.85. The van der Waals surface area contributed by atoms with Crippen molar-refractivity contribution in [2.75, 3.05) is 7.11 Å². The molecule has 0 aliphatic heterocycles. The van der Waals surface area contributed by atoms with E-state index in [4.69, 9.17) is 4.74 Å². The molecule has 174 valence electrons. The van der Waals surface area contributed by atoms with Gasteiger partial charge in [0.15, 0.2) is 0 Å². The molecule has 1 nitrogen and oxygen atoms in total. The molecule has 32 heavy (non-hydrogen) atoms. The second-order valence-electron chi connectivity index (χ2n) is 9.74. The summed E-state index contributed by atoms with van der Waals surface area (Å²) in [5.41, 5.74) is 5.73. The molecular formula is C31H44O. The molecule has 1 aliphatic rings. The molecule has 1 unspecified atom stereocenters. The Morgan fingerprint density at radius 3 is 1.72 bits per heavy atom. The molecule has 0 amide bonds. The van der Waals surface area contributed by atoms with Crippen LogP contribution in [0, 0.1) is 11.8 Å². The zero-order chi connectivity index (χ0) is 22.6. The predicted molar refractivity (Wildman–Crippen MR) is 138 cm³/mol. The van der Waals surface area contributed by atoms with Crippen molar-refractivity contribution in [2.24, 2.45) is 11.8 Å². The van der Waals surface area contributed by atoms with Gasteiger partial charge in [-0.05, 0) is 79.0 Å². The first-order valence-electron chi connectivity index (χ1n) is 13.1. The van der Waals surface area contributed by atoms with Gasteiger partial charge in [0.25, 0.3) is 0 Å². The van der Waals surface area contributed by atoms with Crippen molar-refractivity contribution in [1.29, 1.82) is 0 Å². The van der Waals surface area contributed by atoms with E-state index in [9.17, 15) is 0 Å². The number of ether oxygens (including phenoxy) is 1. The molecule has 0 spiro atoms.